The summed E-state index contributed by atoms with van der Waals surface area (Å²) in [6.07, 6.45) is 0. The summed E-state index contributed by atoms with van der Waals surface area (Å²) in [4.78, 5) is 13.8. The minimum absolute atomic E-state index is 0. The van der Waals surface area contributed by atoms with Gasteiger partial charge in [0.2, 0.25) is 0 Å². The van der Waals surface area contributed by atoms with E-state index in [-0.39, 0.29) is 18.3 Å². The number of carbonyl (C=O) groups excluding carboxylic acids is 1. The summed E-state index contributed by atoms with van der Waals surface area (Å²) in [7, 11) is 0. The Bertz CT molecular complexity index is 348. The molecule has 1 aromatic carbocycles. The van der Waals surface area contributed by atoms with Gasteiger partial charge in [0.25, 0.3) is 5.91 Å². The summed E-state index contributed by atoms with van der Waals surface area (Å²) in [5.41, 5.74) is 0.710. The molecule has 1 aliphatic heterocycles. The van der Waals surface area contributed by atoms with Gasteiger partial charge in [-0.15, -0.1) is 12.4 Å². The lowest BCUT2D eigenvalue weighted by atomic mass is 10.2. The number of rotatable bonds is 1. The molecule has 1 heterocycles. The molecule has 0 bridgehead atoms. The molecule has 1 aromatic rings. The van der Waals surface area contributed by atoms with E-state index in [1.807, 2.05) is 4.90 Å². The lowest BCUT2D eigenvalue weighted by molar-refractivity contribution is 0.0736. The third-order valence-corrected chi connectivity index (χ3v) is 2.75. The molecule has 0 atom stereocenters. The number of nitrogens with zero attached hydrogens (tertiary/aromatic N) is 1. The molecule has 1 saturated heterocycles. The number of amides is 1. The number of hydrogen-bond donors (Lipinski definition) is 1. The van der Waals surface area contributed by atoms with E-state index in [1.54, 1.807) is 24.3 Å². The van der Waals surface area contributed by atoms with Crippen molar-refractivity contribution in [1.82, 2.24) is 10.2 Å². The SMILES string of the molecule is Cl.O=C(c1ccc(Cl)cc1)N1CCNCC1. The number of halogens is 2. The Morgan fingerprint density at radius 2 is 1.75 bits per heavy atom. The molecule has 3 nitrogen and oxygen atoms in total. The van der Waals surface area contributed by atoms with E-state index >= 15 is 0 Å². The van der Waals surface area contributed by atoms with Gasteiger partial charge in [0.15, 0.2) is 0 Å². The molecule has 0 radical (unpaired) electrons. The standard InChI is InChI=1S/C11H13ClN2O.ClH/c12-10-3-1-9(2-4-10)11(15)14-7-5-13-6-8-14;/h1-4,13H,5-8H2;1H. The Labute approximate surface area is 106 Å². The molecule has 88 valence electrons. The Morgan fingerprint density at radius 3 is 2.31 bits per heavy atom. The normalized spacial score (nSPS) is 15.4. The van der Waals surface area contributed by atoms with Crippen molar-refractivity contribution in [3.8, 4) is 0 Å². The third kappa shape index (κ3) is 3.11. The second kappa shape index (κ2) is 6.09. The lowest BCUT2D eigenvalue weighted by Gasteiger charge is -2.27. The lowest BCUT2D eigenvalue weighted by Crippen LogP contribution is -2.46. The molecular formula is C11H14Cl2N2O. The van der Waals surface area contributed by atoms with Gasteiger partial charge in [0.05, 0.1) is 0 Å². The fourth-order valence-corrected chi connectivity index (χ4v) is 1.77. The Hall–Kier alpha value is -0.770. The van der Waals surface area contributed by atoms with E-state index in [0.717, 1.165) is 26.2 Å². The van der Waals surface area contributed by atoms with Crippen LogP contribution >= 0.6 is 24.0 Å². The van der Waals surface area contributed by atoms with E-state index < -0.39 is 0 Å². The molecule has 0 aliphatic carbocycles. The van der Waals surface area contributed by atoms with Gasteiger partial charge in [0.1, 0.15) is 0 Å². The minimum Gasteiger partial charge on any atom is -0.336 e. The summed E-state index contributed by atoms with van der Waals surface area (Å²) < 4.78 is 0. The highest BCUT2D eigenvalue weighted by molar-refractivity contribution is 6.30. The highest BCUT2D eigenvalue weighted by Crippen LogP contribution is 2.11. The van der Waals surface area contributed by atoms with Crippen LogP contribution in [0.25, 0.3) is 0 Å². The van der Waals surface area contributed by atoms with E-state index in [1.165, 1.54) is 0 Å². The molecule has 2 rings (SSSR count). The van der Waals surface area contributed by atoms with Gasteiger partial charge in [-0.3, -0.25) is 4.79 Å². The molecule has 1 fully saturated rings. The molecule has 0 aromatic heterocycles. The van der Waals surface area contributed by atoms with Crippen molar-refractivity contribution < 1.29 is 4.79 Å². The molecule has 0 saturated carbocycles. The average Bonchev–Trinajstić information content (AvgIpc) is 2.30. The fraction of sp³-hybridized carbons (Fsp3) is 0.364. The molecule has 0 spiro atoms. The first-order valence-corrected chi connectivity index (χ1v) is 5.41. The van der Waals surface area contributed by atoms with Gasteiger partial charge in [0, 0.05) is 36.8 Å². The van der Waals surface area contributed by atoms with Gasteiger partial charge in [-0.25, -0.2) is 0 Å². The number of hydrogen-bond acceptors (Lipinski definition) is 2. The zero-order valence-corrected chi connectivity index (χ0v) is 10.4. The molecule has 1 N–H and O–H groups in total. The molecule has 1 amide bonds. The summed E-state index contributed by atoms with van der Waals surface area (Å²) in [6, 6.07) is 7.04. The Kier molecular flexibility index (Phi) is 5.06. The number of benzene rings is 1. The van der Waals surface area contributed by atoms with E-state index in [9.17, 15) is 4.79 Å². The van der Waals surface area contributed by atoms with E-state index in [0.29, 0.717) is 10.6 Å². The van der Waals surface area contributed by atoms with Crippen molar-refractivity contribution in [3.63, 3.8) is 0 Å². The third-order valence-electron chi connectivity index (χ3n) is 2.50. The van der Waals surface area contributed by atoms with Crippen LogP contribution in [-0.4, -0.2) is 37.0 Å². The quantitative estimate of drug-likeness (QED) is 0.836. The molecular weight excluding hydrogens is 247 g/mol. The van der Waals surface area contributed by atoms with E-state index in [2.05, 4.69) is 5.32 Å². The molecule has 1 aliphatic rings. The second-order valence-electron chi connectivity index (χ2n) is 3.55. The zero-order chi connectivity index (χ0) is 10.7. The van der Waals surface area contributed by atoms with Crippen molar-refractivity contribution in [1.29, 1.82) is 0 Å². The van der Waals surface area contributed by atoms with Crippen LogP contribution in [0.1, 0.15) is 10.4 Å². The molecule has 16 heavy (non-hydrogen) atoms. The number of carbonyl (C=O) groups is 1. The first kappa shape index (κ1) is 13.3. The van der Waals surface area contributed by atoms with Gasteiger partial charge in [-0.2, -0.15) is 0 Å². The topological polar surface area (TPSA) is 32.3 Å². The van der Waals surface area contributed by atoms with Crippen molar-refractivity contribution in [2.45, 2.75) is 0 Å². The number of nitrogens with one attached hydrogen (secondary N) is 1. The Morgan fingerprint density at radius 1 is 1.19 bits per heavy atom. The maximum atomic E-state index is 12.0. The van der Waals surface area contributed by atoms with Crippen molar-refractivity contribution >= 4 is 29.9 Å². The van der Waals surface area contributed by atoms with Gasteiger partial charge >= 0.3 is 0 Å². The van der Waals surface area contributed by atoms with Crippen LogP contribution in [0.5, 0.6) is 0 Å². The predicted octanol–water partition coefficient (Wildman–Crippen LogP) is 1.81. The zero-order valence-electron chi connectivity index (χ0n) is 8.78. The predicted molar refractivity (Wildman–Crippen MR) is 67.5 cm³/mol. The maximum absolute atomic E-state index is 12.0. The van der Waals surface area contributed by atoms with Crippen LogP contribution in [0.4, 0.5) is 0 Å². The van der Waals surface area contributed by atoms with Gasteiger partial charge < -0.3 is 10.2 Å². The number of piperazine rings is 1. The van der Waals surface area contributed by atoms with Crippen LogP contribution in [0.15, 0.2) is 24.3 Å². The average molecular weight is 261 g/mol. The van der Waals surface area contributed by atoms with Crippen molar-refractivity contribution in [3.05, 3.63) is 34.9 Å². The highest BCUT2D eigenvalue weighted by Gasteiger charge is 2.17. The van der Waals surface area contributed by atoms with Crippen molar-refractivity contribution in [2.24, 2.45) is 0 Å². The summed E-state index contributed by atoms with van der Waals surface area (Å²) in [5, 5.41) is 3.87. The molecule has 5 heteroatoms. The monoisotopic (exact) mass is 260 g/mol. The van der Waals surface area contributed by atoms with E-state index in [4.69, 9.17) is 11.6 Å². The highest BCUT2D eigenvalue weighted by atomic mass is 35.5. The Balaban J connectivity index is 0.00000128. The largest absolute Gasteiger partial charge is 0.336 e. The first-order chi connectivity index (χ1) is 7.27. The van der Waals surface area contributed by atoms with Crippen LogP contribution < -0.4 is 5.32 Å². The fourth-order valence-electron chi connectivity index (χ4n) is 1.64. The van der Waals surface area contributed by atoms with Crippen LogP contribution in [-0.2, 0) is 0 Å². The van der Waals surface area contributed by atoms with Gasteiger partial charge in [-0.1, -0.05) is 11.6 Å². The first-order valence-electron chi connectivity index (χ1n) is 5.03. The van der Waals surface area contributed by atoms with Crippen LogP contribution in [0.3, 0.4) is 0 Å². The van der Waals surface area contributed by atoms with Crippen molar-refractivity contribution in [2.75, 3.05) is 26.2 Å². The molecule has 0 unspecified atom stereocenters. The summed E-state index contributed by atoms with van der Waals surface area (Å²) in [5.74, 6) is 0.0909. The van der Waals surface area contributed by atoms with Crippen LogP contribution in [0.2, 0.25) is 5.02 Å². The maximum Gasteiger partial charge on any atom is 0.253 e. The second-order valence-corrected chi connectivity index (χ2v) is 3.99. The van der Waals surface area contributed by atoms with Crippen LogP contribution in [0, 0.1) is 0 Å². The summed E-state index contributed by atoms with van der Waals surface area (Å²) >= 11 is 5.77. The minimum atomic E-state index is 0. The van der Waals surface area contributed by atoms with Gasteiger partial charge in [-0.05, 0) is 24.3 Å². The smallest absolute Gasteiger partial charge is 0.253 e. The summed E-state index contributed by atoms with van der Waals surface area (Å²) in [6.45, 7) is 3.31.